The van der Waals surface area contributed by atoms with E-state index in [-0.39, 0.29) is 5.91 Å². The lowest BCUT2D eigenvalue weighted by Gasteiger charge is -2.13. The van der Waals surface area contributed by atoms with Crippen molar-refractivity contribution in [1.82, 2.24) is 0 Å². The molecule has 2 aromatic rings. The lowest BCUT2D eigenvalue weighted by Crippen LogP contribution is -2.14. The van der Waals surface area contributed by atoms with Crippen LogP contribution >= 0.6 is 22.9 Å². The van der Waals surface area contributed by atoms with Gasteiger partial charge in [0.1, 0.15) is 17.2 Å². The second-order valence-electron chi connectivity index (χ2n) is 4.87. The van der Waals surface area contributed by atoms with Crippen LogP contribution in [-0.2, 0) is 0 Å². The lowest BCUT2D eigenvalue weighted by atomic mass is 10.1. The van der Waals surface area contributed by atoms with Gasteiger partial charge in [-0.25, -0.2) is 0 Å². The summed E-state index contributed by atoms with van der Waals surface area (Å²) in [6.07, 6.45) is 3.05. The molecule has 0 bridgehead atoms. The number of carbonyl (C=O) groups excluding carboxylic acids is 1. The molecule has 0 spiro atoms. The number of hydrogen-bond donors (Lipinski definition) is 3. The Labute approximate surface area is 155 Å². The number of anilines is 1. The molecule has 0 atom stereocenters. The molecule has 1 heterocycles. The maximum absolute atomic E-state index is 12.3. The number of nitrogens with one attached hydrogen (secondary N) is 1. The third kappa shape index (κ3) is 4.82. The van der Waals surface area contributed by atoms with Crippen LogP contribution in [0.2, 0.25) is 5.02 Å². The van der Waals surface area contributed by atoms with Gasteiger partial charge in [-0.15, -0.1) is 11.3 Å². The summed E-state index contributed by atoms with van der Waals surface area (Å²) in [5.41, 5.74) is 12.9. The molecule has 1 amide bonds. The van der Waals surface area contributed by atoms with Crippen molar-refractivity contribution in [2.75, 3.05) is 25.5 Å². The number of carbonyl (C=O) groups is 1. The number of nitrogens with zero attached hydrogens (tertiary/aromatic N) is 1. The molecule has 6 nitrogen and oxygen atoms in total. The number of halogens is 1. The molecule has 8 heteroatoms. The molecule has 0 fully saturated rings. The quantitative estimate of drug-likeness (QED) is 0.644. The van der Waals surface area contributed by atoms with Crippen LogP contribution in [0.4, 0.5) is 5.69 Å². The predicted octanol–water partition coefficient (Wildman–Crippen LogP) is 2.88. The Balaban J connectivity index is 2.34. The van der Waals surface area contributed by atoms with Gasteiger partial charge in [0.15, 0.2) is 0 Å². The zero-order valence-electron chi connectivity index (χ0n) is 13.7. The fraction of sp³-hybridized carbons (Fsp3) is 0.176. The Morgan fingerprint density at radius 3 is 2.84 bits per heavy atom. The van der Waals surface area contributed by atoms with Crippen LogP contribution < -0.4 is 21.5 Å². The SMILES string of the molecule is CN=C(C=CN)c1cc(NC(=O)c2sccc2Cl)ccc1OCCN. The molecule has 0 aliphatic rings. The number of thiophene rings is 1. The molecule has 0 aliphatic heterocycles. The average Bonchev–Trinajstić information content (AvgIpc) is 3.04. The summed E-state index contributed by atoms with van der Waals surface area (Å²) < 4.78 is 5.65. The van der Waals surface area contributed by atoms with Crippen LogP contribution in [0.25, 0.3) is 0 Å². The summed E-state index contributed by atoms with van der Waals surface area (Å²) in [4.78, 5) is 17.0. The Morgan fingerprint density at radius 1 is 1.44 bits per heavy atom. The van der Waals surface area contributed by atoms with E-state index in [1.807, 2.05) is 0 Å². The van der Waals surface area contributed by atoms with Gasteiger partial charge in [-0.3, -0.25) is 9.79 Å². The molecular formula is C17H19ClN4O2S. The van der Waals surface area contributed by atoms with Crippen molar-refractivity contribution in [3.05, 3.63) is 57.4 Å². The summed E-state index contributed by atoms with van der Waals surface area (Å²) in [7, 11) is 1.65. The number of aliphatic imine (C=N–C) groups is 1. The zero-order valence-corrected chi connectivity index (χ0v) is 15.2. The third-order valence-corrected chi connectivity index (χ3v) is 4.55. The van der Waals surface area contributed by atoms with Crippen molar-refractivity contribution in [1.29, 1.82) is 0 Å². The Hall–Kier alpha value is -2.35. The van der Waals surface area contributed by atoms with E-state index in [4.69, 9.17) is 27.8 Å². The van der Waals surface area contributed by atoms with E-state index in [2.05, 4.69) is 10.3 Å². The lowest BCUT2D eigenvalue weighted by molar-refractivity contribution is 0.103. The highest BCUT2D eigenvalue weighted by atomic mass is 35.5. The molecule has 0 unspecified atom stereocenters. The van der Waals surface area contributed by atoms with Gasteiger partial charge < -0.3 is 21.5 Å². The van der Waals surface area contributed by atoms with E-state index >= 15 is 0 Å². The van der Waals surface area contributed by atoms with Crippen LogP contribution in [0, 0.1) is 0 Å². The van der Waals surface area contributed by atoms with Gasteiger partial charge in [0.05, 0.1) is 10.7 Å². The number of allylic oxidation sites excluding steroid dienone is 1. The van der Waals surface area contributed by atoms with Crippen LogP contribution in [0.1, 0.15) is 15.2 Å². The molecule has 0 saturated carbocycles. The summed E-state index contributed by atoms with van der Waals surface area (Å²) in [5, 5.41) is 5.01. The number of nitrogens with two attached hydrogens (primary N) is 2. The molecule has 25 heavy (non-hydrogen) atoms. The van der Waals surface area contributed by atoms with E-state index in [1.54, 1.807) is 42.8 Å². The van der Waals surface area contributed by atoms with E-state index in [0.29, 0.717) is 45.8 Å². The van der Waals surface area contributed by atoms with E-state index < -0.39 is 0 Å². The normalized spacial score (nSPS) is 11.7. The summed E-state index contributed by atoms with van der Waals surface area (Å²) in [6.45, 7) is 0.757. The molecule has 0 radical (unpaired) electrons. The zero-order chi connectivity index (χ0) is 18.2. The standard InChI is InChI=1S/C17H19ClN4O2S/c1-21-14(4-6-19)12-10-11(2-3-15(12)24-8-7-20)22-17(23)16-13(18)5-9-25-16/h2-6,9-10H,7-8,19-20H2,1H3,(H,22,23). The van der Waals surface area contributed by atoms with Gasteiger partial charge in [0.25, 0.3) is 5.91 Å². The number of ether oxygens (including phenoxy) is 1. The first-order valence-electron chi connectivity index (χ1n) is 7.47. The monoisotopic (exact) mass is 378 g/mol. The molecule has 1 aromatic carbocycles. The molecule has 0 saturated heterocycles. The molecule has 1 aromatic heterocycles. The van der Waals surface area contributed by atoms with E-state index in [1.165, 1.54) is 17.5 Å². The van der Waals surface area contributed by atoms with Gasteiger partial charge in [-0.2, -0.15) is 0 Å². The van der Waals surface area contributed by atoms with Gasteiger partial charge >= 0.3 is 0 Å². The fourth-order valence-electron chi connectivity index (χ4n) is 2.12. The highest BCUT2D eigenvalue weighted by molar-refractivity contribution is 7.12. The molecular weight excluding hydrogens is 360 g/mol. The van der Waals surface area contributed by atoms with Gasteiger partial charge in [-0.05, 0) is 41.9 Å². The predicted molar refractivity (Wildman–Crippen MR) is 104 cm³/mol. The van der Waals surface area contributed by atoms with Crippen molar-refractivity contribution in [3.8, 4) is 5.75 Å². The molecule has 5 N–H and O–H groups in total. The second kappa shape index (κ2) is 9.22. The van der Waals surface area contributed by atoms with Gasteiger partial charge in [-0.1, -0.05) is 11.6 Å². The Bertz CT molecular complexity index is 802. The smallest absolute Gasteiger partial charge is 0.267 e. The van der Waals surface area contributed by atoms with Gasteiger partial charge in [0, 0.05) is 24.8 Å². The van der Waals surface area contributed by atoms with Crippen molar-refractivity contribution in [3.63, 3.8) is 0 Å². The van der Waals surface area contributed by atoms with Crippen LogP contribution in [0.15, 0.2) is 46.9 Å². The van der Waals surface area contributed by atoms with Crippen molar-refractivity contribution >= 4 is 40.2 Å². The van der Waals surface area contributed by atoms with Crippen molar-refractivity contribution in [2.24, 2.45) is 16.5 Å². The topological polar surface area (TPSA) is 103 Å². The minimum absolute atomic E-state index is 0.272. The number of benzene rings is 1. The minimum atomic E-state index is -0.272. The summed E-state index contributed by atoms with van der Waals surface area (Å²) in [6, 6.07) is 6.96. The molecule has 2 rings (SSSR count). The summed E-state index contributed by atoms with van der Waals surface area (Å²) in [5.74, 6) is 0.335. The number of rotatable bonds is 7. The number of amides is 1. The second-order valence-corrected chi connectivity index (χ2v) is 6.19. The highest BCUT2D eigenvalue weighted by Crippen LogP contribution is 2.27. The first-order valence-corrected chi connectivity index (χ1v) is 8.73. The van der Waals surface area contributed by atoms with E-state index in [0.717, 1.165) is 0 Å². The molecule has 132 valence electrons. The summed E-state index contributed by atoms with van der Waals surface area (Å²) >= 11 is 7.28. The van der Waals surface area contributed by atoms with Crippen LogP contribution in [0.5, 0.6) is 5.75 Å². The Morgan fingerprint density at radius 2 is 2.24 bits per heavy atom. The maximum atomic E-state index is 12.3. The van der Waals surface area contributed by atoms with E-state index in [9.17, 15) is 4.79 Å². The van der Waals surface area contributed by atoms with Gasteiger partial charge in [0.2, 0.25) is 0 Å². The van der Waals surface area contributed by atoms with Crippen molar-refractivity contribution in [2.45, 2.75) is 0 Å². The number of hydrogen-bond acceptors (Lipinski definition) is 6. The first kappa shape index (κ1) is 19.0. The first-order chi connectivity index (χ1) is 12.1. The van der Waals surface area contributed by atoms with Crippen molar-refractivity contribution < 1.29 is 9.53 Å². The third-order valence-electron chi connectivity index (χ3n) is 3.21. The van der Waals surface area contributed by atoms with Crippen LogP contribution in [-0.4, -0.2) is 31.8 Å². The maximum Gasteiger partial charge on any atom is 0.267 e. The largest absolute Gasteiger partial charge is 0.492 e. The Kier molecular flexibility index (Phi) is 7.00. The van der Waals surface area contributed by atoms with Crippen LogP contribution in [0.3, 0.4) is 0 Å². The molecule has 0 aliphatic carbocycles. The minimum Gasteiger partial charge on any atom is -0.492 e. The highest BCUT2D eigenvalue weighted by Gasteiger charge is 2.14. The fourth-order valence-corrected chi connectivity index (χ4v) is 3.16. The average molecular weight is 379 g/mol.